The Bertz CT molecular complexity index is 834. The second kappa shape index (κ2) is 8.35. The Labute approximate surface area is 164 Å². The van der Waals surface area contributed by atoms with Crippen molar-refractivity contribution < 1.29 is 28.1 Å². The molecule has 0 aromatic heterocycles. The van der Waals surface area contributed by atoms with Crippen LogP contribution in [0.3, 0.4) is 0 Å². The minimum absolute atomic E-state index is 0.0708. The van der Waals surface area contributed by atoms with Crippen LogP contribution in [0.4, 0.5) is 8.78 Å². The van der Waals surface area contributed by atoms with E-state index in [1.807, 2.05) is 26.0 Å². The largest absolute Gasteiger partial charge is 0.490 e. The third kappa shape index (κ3) is 4.22. The molecule has 6 heteroatoms. The van der Waals surface area contributed by atoms with Crippen molar-refractivity contribution in [1.29, 1.82) is 0 Å². The summed E-state index contributed by atoms with van der Waals surface area (Å²) in [6, 6.07) is 9.34. The number of hydrogen-bond donors (Lipinski definition) is 1. The Kier molecular flexibility index (Phi) is 6.08. The van der Waals surface area contributed by atoms with Crippen LogP contribution in [-0.4, -0.2) is 32.0 Å². The lowest BCUT2D eigenvalue weighted by Gasteiger charge is -2.25. The highest BCUT2D eigenvalue weighted by Gasteiger charge is 2.26. The number of rotatable bonds is 8. The Morgan fingerprint density at radius 2 is 1.86 bits per heavy atom. The van der Waals surface area contributed by atoms with Crippen molar-refractivity contribution >= 4 is 0 Å². The molecule has 152 valence electrons. The SMILES string of the molecule is COc1c(OC(F)F)ccc(-c2cccc3c2CCC3)c1OCC(C)(C)CO. The summed E-state index contributed by atoms with van der Waals surface area (Å²) in [5, 5.41) is 9.55. The quantitative estimate of drug-likeness (QED) is 0.698. The van der Waals surface area contributed by atoms with E-state index in [1.165, 1.54) is 24.3 Å². The molecule has 1 aliphatic rings. The molecule has 4 nitrogen and oxygen atoms in total. The standard InChI is InChI=1S/C22H26F2O4/c1-22(2,12-25)13-27-19-17(10-11-18(20(19)26-3)28-21(23)24)16-9-5-7-14-6-4-8-15(14)16/h5,7,9-11,21,25H,4,6,8,12-13H2,1-3H3. The fraction of sp³-hybridized carbons (Fsp3) is 0.455. The van der Waals surface area contributed by atoms with Crippen molar-refractivity contribution in [3.05, 3.63) is 41.5 Å². The third-order valence-corrected chi connectivity index (χ3v) is 4.97. The van der Waals surface area contributed by atoms with Crippen molar-refractivity contribution in [2.24, 2.45) is 5.41 Å². The first-order chi connectivity index (χ1) is 13.4. The molecule has 0 radical (unpaired) electrons. The van der Waals surface area contributed by atoms with E-state index >= 15 is 0 Å². The van der Waals surface area contributed by atoms with Crippen LogP contribution >= 0.6 is 0 Å². The molecule has 0 aliphatic heterocycles. The monoisotopic (exact) mass is 392 g/mol. The van der Waals surface area contributed by atoms with E-state index in [0.717, 1.165) is 30.4 Å². The van der Waals surface area contributed by atoms with Gasteiger partial charge >= 0.3 is 6.61 Å². The molecule has 0 heterocycles. The molecule has 2 aromatic rings. The summed E-state index contributed by atoms with van der Waals surface area (Å²) < 4.78 is 41.8. The Morgan fingerprint density at radius 3 is 2.54 bits per heavy atom. The number of benzene rings is 2. The number of halogens is 2. The first kappa shape index (κ1) is 20.4. The molecule has 0 bridgehead atoms. The number of aliphatic hydroxyl groups excluding tert-OH is 1. The van der Waals surface area contributed by atoms with Crippen molar-refractivity contribution in [1.82, 2.24) is 0 Å². The van der Waals surface area contributed by atoms with Crippen LogP contribution in [0.2, 0.25) is 0 Å². The average Bonchev–Trinajstić information content (AvgIpc) is 3.15. The molecule has 0 spiro atoms. The predicted molar refractivity (Wildman–Crippen MR) is 103 cm³/mol. The topological polar surface area (TPSA) is 47.9 Å². The third-order valence-electron chi connectivity index (χ3n) is 4.97. The van der Waals surface area contributed by atoms with E-state index in [-0.39, 0.29) is 24.7 Å². The zero-order valence-electron chi connectivity index (χ0n) is 16.4. The Morgan fingerprint density at radius 1 is 1.07 bits per heavy atom. The first-order valence-corrected chi connectivity index (χ1v) is 9.37. The van der Waals surface area contributed by atoms with Crippen LogP contribution in [-0.2, 0) is 12.8 Å². The molecule has 28 heavy (non-hydrogen) atoms. The Hall–Kier alpha value is -2.34. The fourth-order valence-electron chi connectivity index (χ4n) is 3.47. The molecule has 1 aliphatic carbocycles. The van der Waals surface area contributed by atoms with Crippen molar-refractivity contribution in [3.8, 4) is 28.4 Å². The van der Waals surface area contributed by atoms with Gasteiger partial charge in [-0.15, -0.1) is 0 Å². The van der Waals surface area contributed by atoms with Crippen molar-refractivity contribution in [3.63, 3.8) is 0 Å². The predicted octanol–water partition coefficient (Wildman–Crippen LogP) is 4.85. The van der Waals surface area contributed by atoms with Crippen molar-refractivity contribution in [2.75, 3.05) is 20.3 Å². The average molecular weight is 392 g/mol. The number of aliphatic hydroxyl groups is 1. The fourth-order valence-corrected chi connectivity index (χ4v) is 3.47. The summed E-state index contributed by atoms with van der Waals surface area (Å²) in [6.07, 6.45) is 3.08. The van der Waals surface area contributed by atoms with Crippen LogP contribution in [0.5, 0.6) is 17.2 Å². The first-order valence-electron chi connectivity index (χ1n) is 9.37. The van der Waals surface area contributed by atoms with E-state index in [4.69, 9.17) is 9.47 Å². The summed E-state index contributed by atoms with van der Waals surface area (Å²) in [4.78, 5) is 0. The smallest absolute Gasteiger partial charge is 0.387 e. The zero-order valence-corrected chi connectivity index (χ0v) is 16.4. The minimum atomic E-state index is -2.97. The molecule has 1 N–H and O–H groups in total. The summed E-state index contributed by atoms with van der Waals surface area (Å²) in [6.45, 7) is 0.874. The summed E-state index contributed by atoms with van der Waals surface area (Å²) >= 11 is 0. The lowest BCUT2D eigenvalue weighted by Crippen LogP contribution is -2.25. The van der Waals surface area contributed by atoms with E-state index in [9.17, 15) is 13.9 Å². The van der Waals surface area contributed by atoms with Gasteiger partial charge in [0, 0.05) is 11.0 Å². The van der Waals surface area contributed by atoms with Crippen LogP contribution in [0.25, 0.3) is 11.1 Å². The van der Waals surface area contributed by atoms with Gasteiger partial charge in [0.2, 0.25) is 5.75 Å². The van der Waals surface area contributed by atoms with Gasteiger partial charge in [-0.05, 0) is 48.1 Å². The van der Waals surface area contributed by atoms with Crippen LogP contribution in [0.15, 0.2) is 30.3 Å². The van der Waals surface area contributed by atoms with Crippen LogP contribution in [0.1, 0.15) is 31.4 Å². The maximum atomic E-state index is 12.8. The zero-order chi connectivity index (χ0) is 20.3. The number of ether oxygens (including phenoxy) is 3. The molecule has 0 saturated heterocycles. The molecular weight excluding hydrogens is 366 g/mol. The number of hydrogen-bond acceptors (Lipinski definition) is 4. The van der Waals surface area contributed by atoms with E-state index in [1.54, 1.807) is 6.07 Å². The number of aryl methyl sites for hydroxylation is 1. The Balaban J connectivity index is 2.12. The molecule has 3 rings (SSSR count). The molecule has 0 amide bonds. The van der Waals surface area contributed by atoms with Crippen molar-refractivity contribution in [2.45, 2.75) is 39.7 Å². The highest BCUT2D eigenvalue weighted by molar-refractivity contribution is 5.79. The lowest BCUT2D eigenvalue weighted by molar-refractivity contribution is -0.0514. The van der Waals surface area contributed by atoms with Gasteiger partial charge < -0.3 is 19.3 Å². The summed E-state index contributed by atoms with van der Waals surface area (Å²) in [7, 11) is 1.40. The highest BCUT2D eigenvalue weighted by Crippen LogP contribution is 2.47. The summed E-state index contributed by atoms with van der Waals surface area (Å²) in [5.41, 5.74) is 3.82. The lowest BCUT2D eigenvalue weighted by atomic mass is 9.94. The van der Waals surface area contributed by atoms with Gasteiger partial charge in [0.25, 0.3) is 0 Å². The molecule has 2 aromatic carbocycles. The maximum absolute atomic E-state index is 12.8. The van der Waals surface area contributed by atoms with Crippen LogP contribution in [0, 0.1) is 5.41 Å². The maximum Gasteiger partial charge on any atom is 0.387 e. The van der Waals surface area contributed by atoms with Gasteiger partial charge in [0.15, 0.2) is 11.5 Å². The van der Waals surface area contributed by atoms with E-state index < -0.39 is 12.0 Å². The molecule has 0 unspecified atom stereocenters. The minimum Gasteiger partial charge on any atom is -0.490 e. The molecule has 0 atom stereocenters. The highest BCUT2D eigenvalue weighted by atomic mass is 19.3. The number of alkyl halides is 2. The van der Waals surface area contributed by atoms with Gasteiger partial charge in [-0.2, -0.15) is 8.78 Å². The number of methoxy groups -OCH3 is 1. The molecule has 0 fully saturated rings. The van der Waals surface area contributed by atoms with E-state index in [0.29, 0.717) is 5.75 Å². The van der Waals surface area contributed by atoms with Gasteiger partial charge in [-0.3, -0.25) is 0 Å². The van der Waals surface area contributed by atoms with Gasteiger partial charge in [-0.25, -0.2) is 0 Å². The number of fused-ring (bicyclic) bond motifs is 1. The second-order valence-corrected chi connectivity index (χ2v) is 7.76. The summed E-state index contributed by atoms with van der Waals surface area (Å²) in [5.74, 6) is 0.398. The van der Waals surface area contributed by atoms with Gasteiger partial charge in [0.1, 0.15) is 0 Å². The molecule has 0 saturated carbocycles. The van der Waals surface area contributed by atoms with Crippen LogP contribution < -0.4 is 14.2 Å². The molecular formula is C22H26F2O4. The van der Waals surface area contributed by atoms with Gasteiger partial charge in [0.05, 0.1) is 20.3 Å². The normalized spacial score (nSPS) is 13.5. The van der Waals surface area contributed by atoms with Gasteiger partial charge in [-0.1, -0.05) is 32.0 Å². The van der Waals surface area contributed by atoms with E-state index in [2.05, 4.69) is 10.8 Å². The second-order valence-electron chi connectivity index (χ2n) is 7.76.